The average molecular weight is 558 g/mol. The maximum atomic E-state index is 10.4. The SMILES string of the molecule is CCc1c(CNc2cc(C)cc(C)n2)c(CC)c(CNC2(CO)CCCC2)c(CC)c1CNc1cc(C)cc(C)n1. The minimum Gasteiger partial charge on any atom is -0.394 e. The summed E-state index contributed by atoms with van der Waals surface area (Å²) < 4.78 is 0. The molecular weight excluding hydrogens is 506 g/mol. The monoisotopic (exact) mass is 557 g/mol. The Labute approximate surface area is 247 Å². The van der Waals surface area contributed by atoms with E-state index in [1.165, 1.54) is 57.3 Å². The molecular formula is C35H51N5O. The average Bonchev–Trinajstić information content (AvgIpc) is 3.41. The molecule has 0 unspecified atom stereocenters. The number of nitrogens with zero attached hydrogens (tertiary/aromatic N) is 2. The van der Waals surface area contributed by atoms with Crippen LogP contribution in [0.1, 0.15) is 102 Å². The van der Waals surface area contributed by atoms with Gasteiger partial charge < -0.3 is 21.1 Å². The minimum absolute atomic E-state index is 0.164. The molecule has 0 amide bonds. The van der Waals surface area contributed by atoms with Crippen LogP contribution in [-0.2, 0) is 38.9 Å². The number of nitrogens with one attached hydrogen (secondary N) is 3. The van der Waals surface area contributed by atoms with Gasteiger partial charge in [0.15, 0.2) is 0 Å². The van der Waals surface area contributed by atoms with Gasteiger partial charge in [0.1, 0.15) is 11.6 Å². The Balaban J connectivity index is 1.79. The van der Waals surface area contributed by atoms with Crippen LogP contribution in [0.25, 0.3) is 0 Å². The Bertz CT molecular complexity index is 1220. The molecule has 2 aromatic heterocycles. The zero-order valence-electron chi connectivity index (χ0n) is 26.4. The van der Waals surface area contributed by atoms with Crippen molar-refractivity contribution in [3.05, 3.63) is 80.2 Å². The van der Waals surface area contributed by atoms with Gasteiger partial charge in [0.2, 0.25) is 0 Å². The van der Waals surface area contributed by atoms with E-state index in [2.05, 4.69) is 88.7 Å². The Morgan fingerprint density at radius 2 is 1.05 bits per heavy atom. The van der Waals surface area contributed by atoms with Crippen molar-refractivity contribution in [3.63, 3.8) is 0 Å². The van der Waals surface area contributed by atoms with E-state index in [1.807, 2.05) is 0 Å². The van der Waals surface area contributed by atoms with Gasteiger partial charge in [-0.1, -0.05) is 33.6 Å². The molecule has 0 spiro atoms. The van der Waals surface area contributed by atoms with E-state index < -0.39 is 0 Å². The van der Waals surface area contributed by atoms with Gasteiger partial charge >= 0.3 is 0 Å². The normalized spacial score (nSPS) is 14.4. The number of pyridine rings is 2. The van der Waals surface area contributed by atoms with E-state index in [0.29, 0.717) is 0 Å². The van der Waals surface area contributed by atoms with Crippen molar-refractivity contribution in [3.8, 4) is 0 Å². The number of anilines is 2. The van der Waals surface area contributed by atoms with Crippen LogP contribution in [-0.4, -0.2) is 27.2 Å². The Kier molecular flexibility index (Phi) is 10.4. The summed E-state index contributed by atoms with van der Waals surface area (Å²) in [7, 11) is 0. The predicted octanol–water partition coefficient (Wildman–Crippen LogP) is 7.02. The van der Waals surface area contributed by atoms with Gasteiger partial charge in [-0.05, 0) is 129 Å². The molecule has 4 rings (SSSR count). The highest BCUT2D eigenvalue weighted by atomic mass is 16.3. The van der Waals surface area contributed by atoms with Gasteiger partial charge in [0, 0.05) is 36.6 Å². The molecule has 1 aliphatic carbocycles. The molecule has 3 aromatic rings. The van der Waals surface area contributed by atoms with Crippen LogP contribution in [0.5, 0.6) is 0 Å². The van der Waals surface area contributed by atoms with Crippen molar-refractivity contribution in [2.75, 3.05) is 17.2 Å². The van der Waals surface area contributed by atoms with Crippen LogP contribution < -0.4 is 16.0 Å². The van der Waals surface area contributed by atoms with Crippen LogP contribution >= 0.6 is 0 Å². The van der Waals surface area contributed by atoms with Gasteiger partial charge in [-0.3, -0.25) is 0 Å². The first-order chi connectivity index (χ1) is 19.7. The largest absolute Gasteiger partial charge is 0.394 e. The van der Waals surface area contributed by atoms with E-state index in [-0.39, 0.29) is 12.1 Å². The van der Waals surface area contributed by atoms with E-state index in [1.54, 1.807) is 0 Å². The summed E-state index contributed by atoms with van der Waals surface area (Å²) in [5.74, 6) is 1.85. The molecule has 0 saturated heterocycles. The van der Waals surface area contributed by atoms with Gasteiger partial charge in [0.25, 0.3) is 0 Å². The molecule has 0 aliphatic heterocycles. The first kappa shape index (κ1) is 31.0. The van der Waals surface area contributed by atoms with E-state index in [0.717, 1.165) is 74.8 Å². The highest BCUT2D eigenvalue weighted by Gasteiger charge is 2.33. The first-order valence-corrected chi connectivity index (χ1v) is 15.6. The van der Waals surface area contributed by atoms with Crippen LogP contribution in [0, 0.1) is 27.7 Å². The number of aryl methyl sites for hydroxylation is 4. The van der Waals surface area contributed by atoms with Crippen molar-refractivity contribution in [1.29, 1.82) is 0 Å². The number of aliphatic hydroxyl groups is 1. The zero-order chi connectivity index (χ0) is 29.6. The van der Waals surface area contributed by atoms with Crippen LogP contribution in [0.4, 0.5) is 11.6 Å². The van der Waals surface area contributed by atoms with Crippen molar-refractivity contribution < 1.29 is 5.11 Å². The summed E-state index contributed by atoms with van der Waals surface area (Å²) in [5.41, 5.74) is 12.8. The number of hydrogen-bond donors (Lipinski definition) is 4. The molecule has 222 valence electrons. The summed E-state index contributed by atoms with van der Waals surface area (Å²) in [6.45, 7) is 17.6. The molecule has 2 heterocycles. The van der Waals surface area contributed by atoms with Gasteiger partial charge in [0.05, 0.1) is 6.61 Å². The number of aromatic nitrogens is 2. The van der Waals surface area contributed by atoms with E-state index in [9.17, 15) is 5.11 Å². The van der Waals surface area contributed by atoms with Crippen molar-refractivity contribution in [2.45, 2.75) is 119 Å². The lowest BCUT2D eigenvalue weighted by Gasteiger charge is -2.31. The number of benzene rings is 1. The zero-order valence-corrected chi connectivity index (χ0v) is 26.4. The second kappa shape index (κ2) is 13.8. The molecule has 6 nitrogen and oxygen atoms in total. The smallest absolute Gasteiger partial charge is 0.126 e. The van der Waals surface area contributed by atoms with Gasteiger partial charge in [-0.15, -0.1) is 0 Å². The fraction of sp³-hybridized carbons (Fsp3) is 0.543. The molecule has 4 N–H and O–H groups in total. The number of aliphatic hydroxyl groups excluding tert-OH is 1. The lowest BCUT2D eigenvalue weighted by atomic mass is 9.82. The molecule has 0 atom stereocenters. The van der Waals surface area contributed by atoms with Crippen LogP contribution in [0.3, 0.4) is 0 Å². The van der Waals surface area contributed by atoms with Gasteiger partial charge in [-0.25, -0.2) is 9.97 Å². The van der Waals surface area contributed by atoms with Gasteiger partial charge in [-0.2, -0.15) is 0 Å². The summed E-state index contributed by atoms with van der Waals surface area (Å²) in [5, 5.41) is 21.6. The van der Waals surface area contributed by atoms with Crippen LogP contribution in [0.15, 0.2) is 24.3 Å². The topological polar surface area (TPSA) is 82.1 Å². The summed E-state index contributed by atoms with van der Waals surface area (Å²) in [4.78, 5) is 9.54. The molecule has 0 radical (unpaired) electrons. The summed E-state index contributed by atoms with van der Waals surface area (Å²) >= 11 is 0. The number of rotatable bonds is 13. The highest BCUT2D eigenvalue weighted by molar-refractivity contribution is 5.55. The summed E-state index contributed by atoms with van der Waals surface area (Å²) in [6.07, 6.45) is 7.33. The predicted molar refractivity (Wildman–Crippen MR) is 172 cm³/mol. The maximum Gasteiger partial charge on any atom is 0.126 e. The fourth-order valence-corrected chi connectivity index (χ4v) is 6.95. The minimum atomic E-state index is -0.164. The molecule has 6 heteroatoms. The standard InChI is InChI=1S/C35H51N5O/c1-8-27-30(19-36-33-17-23(4)15-25(6)39-33)28(9-2)32(21-38-35(22-41)13-11-12-14-35)29(10-3)31(27)20-37-34-18-24(5)16-26(7)40-34/h15-18,38,41H,8-14,19-22H2,1-7H3,(H,36,39)(H,37,40). The lowest BCUT2D eigenvalue weighted by Crippen LogP contribution is -2.45. The fourth-order valence-electron chi connectivity index (χ4n) is 6.95. The first-order valence-electron chi connectivity index (χ1n) is 15.6. The summed E-state index contributed by atoms with van der Waals surface area (Å²) in [6, 6.07) is 8.49. The molecule has 41 heavy (non-hydrogen) atoms. The molecule has 1 aliphatic rings. The third kappa shape index (κ3) is 7.28. The maximum absolute atomic E-state index is 10.4. The molecule has 1 saturated carbocycles. The Morgan fingerprint density at radius 3 is 1.41 bits per heavy atom. The van der Waals surface area contributed by atoms with Crippen molar-refractivity contribution in [2.24, 2.45) is 0 Å². The Morgan fingerprint density at radius 1 is 0.634 bits per heavy atom. The molecule has 0 bridgehead atoms. The van der Waals surface area contributed by atoms with Crippen molar-refractivity contribution in [1.82, 2.24) is 15.3 Å². The second-order valence-corrected chi connectivity index (χ2v) is 12.0. The van der Waals surface area contributed by atoms with E-state index in [4.69, 9.17) is 9.97 Å². The van der Waals surface area contributed by atoms with Crippen LogP contribution in [0.2, 0.25) is 0 Å². The van der Waals surface area contributed by atoms with Crippen molar-refractivity contribution >= 4 is 11.6 Å². The third-order valence-corrected chi connectivity index (χ3v) is 8.84. The molecule has 1 fully saturated rings. The number of hydrogen-bond acceptors (Lipinski definition) is 6. The quantitative estimate of drug-likeness (QED) is 0.181. The third-order valence-electron chi connectivity index (χ3n) is 8.84. The molecule has 1 aromatic carbocycles. The lowest BCUT2D eigenvalue weighted by molar-refractivity contribution is 0.162. The Hall–Kier alpha value is -2.96. The van der Waals surface area contributed by atoms with E-state index >= 15 is 0 Å². The highest BCUT2D eigenvalue weighted by Crippen LogP contribution is 2.34. The second-order valence-electron chi connectivity index (χ2n) is 12.0.